The van der Waals surface area contributed by atoms with E-state index in [0.717, 1.165) is 37.5 Å². The number of piperidine rings is 1. The molecule has 0 radical (unpaired) electrons. The molecule has 1 aromatic heterocycles. The Morgan fingerprint density at radius 3 is 2.84 bits per heavy atom. The first-order valence-corrected chi connectivity index (χ1v) is 8.65. The summed E-state index contributed by atoms with van der Waals surface area (Å²) in [6, 6.07) is 11.8. The second kappa shape index (κ2) is 7.55. The third-order valence-electron chi connectivity index (χ3n) is 4.74. The second-order valence-electron chi connectivity index (χ2n) is 6.63. The molecule has 0 unspecified atom stereocenters. The van der Waals surface area contributed by atoms with Crippen molar-refractivity contribution in [3.8, 4) is 5.75 Å². The van der Waals surface area contributed by atoms with Crippen LogP contribution in [0.3, 0.4) is 0 Å². The molecule has 5 nitrogen and oxygen atoms in total. The summed E-state index contributed by atoms with van der Waals surface area (Å²) in [4.78, 5) is 21.1. The van der Waals surface area contributed by atoms with Crippen molar-refractivity contribution in [2.75, 3.05) is 39.2 Å². The zero-order valence-electron chi connectivity index (χ0n) is 15.1. The number of pyridine rings is 1. The second-order valence-corrected chi connectivity index (χ2v) is 6.63. The van der Waals surface area contributed by atoms with Crippen molar-refractivity contribution >= 4 is 11.7 Å². The molecule has 1 fully saturated rings. The molecule has 0 aliphatic carbocycles. The molecule has 1 amide bonds. The molecule has 0 bridgehead atoms. The summed E-state index contributed by atoms with van der Waals surface area (Å²) in [5, 5.41) is 0. The van der Waals surface area contributed by atoms with Crippen molar-refractivity contribution in [2.24, 2.45) is 0 Å². The number of carbonyl (C=O) groups is 1. The molecule has 3 rings (SSSR count). The number of methoxy groups -OCH3 is 1. The highest BCUT2D eigenvalue weighted by atomic mass is 16.5. The van der Waals surface area contributed by atoms with Crippen LogP contribution < -0.4 is 9.64 Å². The monoisotopic (exact) mass is 339 g/mol. The molecular formula is C20H25N3O2. The van der Waals surface area contributed by atoms with Crippen molar-refractivity contribution in [3.05, 3.63) is 53.7 Å². The van der Waals surface area contributed by atoms with Crippen LogP contribution in [0.2, 0.25) is 0 Å². The molecule has 132 valence electrons. The van der Waals surface area contributed by atoms with E-state index in [4.69, 9.17) is 4.74 Å². The molecule has 0 N–H and O–H groups in total. The molecule has 1 atom stereocenters. The van der Waals surface area contributed by atoms with E-state index in [0.29, 0.717) is 11.5 Å². The number of hydrogen-bond donors (Lipinski definition) is 0. The van der Waals surface area contributed by atoms with Crippen LogP contribution in [0.4, 0.5) is 5.82 Å². The molecule has 25 heavy (non-hydrogen) atoms. The summed E-state index contributed by atoms with van der Waals surface area (Å²) < 4.78 is 5.50. The van der Waals surface area contributed by atoms with Crippen molar-refractivity contribution in [2.45, 2.75) is 18.8 Å². The molecular weight excluding hydrogens is 314 g/mol. The largest absolute Gasteiger partial charge is 0.496 e. The van der Waals surface area contributed by atoms with E-state index in [1.54, 1.807) is 19.4 Å². The third kappa shape index (κ3) is 3.76. The predicted molar refractivity (Wildman–Crippen MR) is 99.4 cm³/mol. The SMILES string of the molecule is COc1ccccc1[C@@H]1CCCN(C(=O)c2ccnc(N(C)C)c2)C1. The lowest BCUT2D eigenvalue weighted by Gasteiger charge is -2.33. The van der Waals surface area contributed by atoms with Crippen LogP contribution in [0, 0.1) is 0 Å². The minimum atomic E-state index is 0.0742. The number of amides is 1. The van der Waals surface area contributed by atoms with Crippen molar-refractivity contribution in [3.63, 3.8) is 0 Å². The number of ether oxygens (including phenoxy) is 1. The van der Waals surface area contributed by atoms with Gasteiger partial charge in [-0.15, -0.1) is 0 Å². The lowest BCUT2D eigenvalue weighted by Crippen LogP contribution is -2.39. The summed E-state index contributed by atoms with van der Waals surface area (Å²) in [5.41, 5.74) is 1.88. The Labute approximate surface area is 149 Å². The van der Waals surface area contributed by atoms with Gasteiger partial charge in [-0.25, -0.2) is 4.98 Å². The topological polar surface area (TPSA) is 45.7 Å². The van der Waals surface area contributed by atoms with E-state index in [2.05, 4.69) is 11.1 Å². The summed E-state index contributed by atoms with van der Waals surface area (Å²) >= 11 is 0. The van der Waals surface area contributed by atoms with Gasteiger partial charge in [-0.05, 0) is 36.6 Å². The standard InChI is InChI=1S/C20H25N3O2/c1-22(2)19-13-15(10-11-21-19)20(24)23-12-6-7-16(14-23)17-8-4-5-9-18(17)25-3/h4-5,8-11,13,16H,6-7,12,14H2,1-3H3/t16-/m1/s1. The van der Waals surface area contributed by atoms with Crippen LogP contribution in [0.15, 0.2) is 42.6 Å². The maximum Gasteiger partial charge on any atom is 0.254 e. The molecule has 2 aromatic rings. The number of likely N-dealkylation sites (tertiary alicyclic amines) is 1. The van der Waals surface area contributed by atoms with Gasteiger partial charge >= 0.3 is 0 Å². The van der Waals surface area contributed by atoms with Gasteiger partial charge in [0.1, 0.15) is 11.6 Å². The van der Waals surface area contributed by atoms with Crippen LogP contribution in [0.5, 0.6) is 5.75 Å². The molecule has 1 aromatic carbocycles. The van der Waals surface area contributed by atoms with Crippen LogP contribution in [0.1, 0.15) is 34.7 Å². The van der Waals surface area contributed by atoms with Gasteiger partial charge in [0.25, 0.3) is 5.91 Å². The fourth-order valence-corrected chi connectivity index (χ4v) is 3.40. The van der Waals surface area contributed by atoms with Gasteiger partial charge in [0.15, 0.2) is 0 Å². The maximum atomic E-state index is 13.0. The van der Waals surface area contributed by atoms with Crippen molar-refractivity contribution < 1.29 is 9.53 Å². The lowest BCUT2D eigenvalue weighted by atomic mass is 9.89. The molecule has 2 heterocycles. The van der Waals surface area contributed by atoms with Crippen LogP contribution in [-0.4, -0.2) is 50.1 Å². The Morgan fingerprint density at radius 1 is 1.28 bits per heavy atom. The maximum absolute atomic E-state index is 13.0. The Kier molecular flexibility index (Phi) is 5.22. The first kappa shape index (κ1) is 17.3. The van der Waals surface area contributed by atoms with E-state index < -0.39 is 0 Å². The van der Waals surface area contributed by atoms with Gasteiger partial charge in [0, 0.05) is 44.9 Å². The summed E-state index contributed by atoms with van der Waals surface area (Å²) in [7, 11) is 5.55. The predicted octanol–water partition coefficient (Wildman–Crippen LogP) is 3.18. The van der Waals surface area contributed by atoms with E-state index in [1.165, 1.54) is 5.56 Å². The summed E-state index contributed by atoms with van der Waals surface area (Å²) in [6.45, 7) is 1.52. The Hall–Kier alpha value is -2.56. The number of nitrogens with zero attached hydrogens (tertiary/aromatic N) is 3. The number of rotatable bonds is 4. The van der Waals surface area contributed by atoms with Gasteiger partial charge < -0.3 is 14.5 Å². The van der Waals surface area contributed by atoms with Crippen LogP contribution in [-0.2, 0) is 0 Å². The number of para-hydroxylation sites is 1. The number of carbonyl (C=O) groups excluding carboxylic acids is 1. The highest BCUT2D eigenvalue weighted by Crippen LogP contribution is 2.33. The average Bonchev–Trinajstić information content (AvgIpc) is 2.67. The third-order valence-corrected chi connectivity index (χ3v) is 4.74. The number of hydrogen-bond acceptors (Lipinski definition) is 4. The minimum absolute atomic E-state index is 0.0742. The molecule has 1 saturated heterocycles. The van der Waals surface area contributed by atoms with Gasteiger partial charge in [-0.2, -0.15) is 0 Å². The Morgan fingerprint density at radius 2 is 2.08 bits per heavy atom. The van der Waals surface area contributed by atoms with Gasteiger partial charge in [0.2, 0.25) is 0 Å². The first-order chi connectivity index (χ1) is 12.1. The molecule has 5 heteroatoms. The van der Waals surface area contributed by atoms with Gasteiger partial charge in [-0.3, -0.25) is 4.79 Å². The fraction of sp³-hybridized carbons (Fsp3) is 0.400. The average molecular weight is 339 g/mol. The number of benzene rings is 1. The van der Waals surface area contributed by atoms with Crippen LogP contribution >= 0.6 is 0 Å². The zero-order chi connectivity index (χ0) is 17.8. The fourth-order valence-electron chi connectivity index (χ4n) is 3.40. The molecule has 1 aliphatic heterocycles. The molecule has 1 aliphatic rings. The number of anilines is 1. The highest BCUT2D eigenvalue weighted by molar-refractivity contribution is 5.95. The first-order valence-electron chi connectivity index (χ1n) is 8.65. The van der Waals surface area contributed by atoms with E-state index in [-0.39, 0.29) is 5.91 Å². The summed E-state index contributed by atoms with van der Waals surface area (Å²) in [6.07, 6.45) is 3.77. The zero-order valence-corrected chi connectivity index (χ0v) is 15.1. The molecule has 0 saturated carbocycles. The van der Waals surface area contributed by atoms with Crippen LogP contribution in [0.25, 0.3) is 0 Å². The van der Waals surface area contributed by atoms with E-state index in [1.807, 2.05) is 48.2 Å². The van der Waals surface area contributed by atoms with Gasteiger partial charge in [0.05, 0.1) is 7.11 Å². The number of aromatic nitrogens is 1. The Bertz CT molecular complexity index is 745. The van der Waals surface area contributed by atoms with E-state index >= 15 is 0 Å². The van der Waals surface area contributed by atoms with Crippen molar-refractivity contribution in [1.82, 2.24) is 9.88 Å². The quantitative estimate of drug-likeness (QED) is 0.858. The van der Waals surface area contributed by atoms with Crippen molar-refractivity contribution in [1.29, 1.82) is 0 Å². The lowest BCUT2D eigenvalue weighted by molar-refractivity contribution is 0.0706. The Balaban J connectivity index is 1.79. The minimum Gasteiger partial charge on any atom is -0.496 e. The normalized spacial score (nSPS) is 17.2. The summed E-state index contributed by atoms with van der Waals surface area (Å²) in [5.74, 6) is 2.08. The van der Waals surface area contributed by atoms with Gasteiger partial charge in [-0.1, -0.05) is 18.2 Å². The highest BCUT2D eigenvalue weighted by Gasteiger charge is 2.27. The molecule has 0 spiro atoms. The smallest absolute Gasteiger partial charge is 0.254 e. The van der Waals surface area contributed by atoms with E-state index in [9.17, 15) is 4.79 Å².